The second-order valence-electron chi connectivity index (χ2n) is 3.48. The molecule has 0 aromatic heterocycles. The lowest BCUT2D eigenvalue weighted by Gasteiger charge is -2.05. The van der Waals surface area contributed by atoms with E-state index in [4.69, 9.17) is 5.21 Å². The number of fused-ring (bicyclic) bond motifs is 1. The molecule has 0 radical (unpaired) electrons. The monoisotopic (exact) mass is 175 g/mol. The molecule has 0 spiro atoms. The molecule has 0 amide bonds. The van der Waals surface area contributed by atoms with E-state index in [-0.39, 0.29) is 0 Å². The second-order valence-corrected chi connectivity index (χ2v) is 3.48. The second kappa shape index (κ2) is 3.21. The summed E-state index contributed by atoms with van der Waals surface area (Å²) in [4.78, 5) is 0. The van der Waals surface area contributed by atoms with Crippen LogP contribution in [0.15, 0.2) is 23.4 Å². The maximum atomic E-state index is 8.71. The van der Waals surface area contributed by atoms with Gasteiger partial charge in [0.15, 0.2) is 0 Å². The molecule has 0 heterocycles. The van der Waals surface area contributed by atoms with Gasteiger partial charge in [-0.25, -0.2) is 0 Å². The summed E-state index contributed by atoms with van der Waals surface area (Å²) in [6, 6.07) is 6.23. The largest absolute Gasteiger partial charge is 0.411 e. The topological polar surface area (TPSA) is 32.6 Å². The van der Waals surface area contributed by atoms with Crippen LogP contribution in [0.1, 0.15) is 30.0 Å². The SMILES string of the molecule is C/C(=N\O)c1cccc2c1CCC2. The first-order valence-corrected chi connectivity index (χ1v) is 4.62. The van der Waals surface area contributed by atoms with Crippen LogP contribution < -0.4 is 0 Å². The van der Waals surface area contributed by atoms with Crippen LogP contribution in [-0.4, -0.2) is 10.9 Å². The van der Waals surface area contributed by atoms with Crippen LogP contribution in [0, 0.1) is 0 Å². The quantitative estimate of drug-likeness (QED) is 0.396. The third-order valence-electron chi connectivity index (χ3n) is 2.69. The van der Waals surface area contributed by atoms with Gasteiger partial charge in [0.25, 0.3) is 0 Å². The van der Waals surface area contributed by atoms with Crippen molar-refractivity contribution in [2.45, 2.75) is 26.2 Å². The maximum absolute atomic E-state index is 8.71. The van der Waals surface area contributed by atoms with Crippen LogP contribution in [0.4, 0.5) is 0 Å². The van der Waals surface area contributed by atoms with Gasteiger partial charge >= 0.3 is 0 Å². The standard InChI is InChI=1S/C11H13NO/c1-8(12-13)10-6-2-4-9-5-3-7-11(9)10/h2,4,6,13H,3,5,7H2,1H3/b12-8+. The molecule has 0 bridgehead atoms. The molecule has 2 nitrogen and oxygen atoms in total. The van der Waals surface area contributed by atoms with Crippen molar-refractivity contribution in [2.24, 2.45) is 5.16 Å². The van der Waals surface area contributed by atoms with Crippen LogP contribution in [0.3, 0.4) is 0 Å². The maximum Gasteiger partial charge on any atom is 0.0839 e. The van der Waals surface area contributed by atoms with E-state index in [0.717, 1.165) is 17.7 Å². The van der Waals surface area contributed by atoms with Gasteiger partial charge in [-0.2, -0.15) is 0 Å². The van der Waals surface area contributed by atoms with Crippen molar-refractivity contribution in [3.8, 4) is 0 Å². The summed E-state index contributed by atoms with van der Waals surface area (Å²) < 4.78 is 0. The number of aryl methyl sites for hydroxylation is 1. The summed E-state index contributed by atoms with van der Waals surface area (Å²) in [6.07, 6.45) is 3.52. The van der Waals surface area contributed by atoms with Gasteiger partial charge < -0.3 is 5.21 Å². The predicted octanol–water partition coefficient (Wildman–Crippen LogP) is 2.37. The normalized spacial score (nSPS) is 15.9. The van der Waals surface area contributed by atoms with E-state index in [0.29, 0.717) is 0 Å². The van der Waals surface area contributed by atoms with Crippen molar-refractivity contribution in [3.05, 3.63) is 34.9 Å². The highest BCUT2D eigenvalue weighted by Crippen LogP contribution is 2.25. The first kappa shape index (κ1) is 8.30. The molecule has 1 aliphatic carbocycles. The van der Waals surface area contributed by atoms with Crippen LogP contribution in [-0.2, 0) is 12.8 Å². The van der Waals surface area contributed by atoms with Crippen LogP contribution >= 0.6 is 0 Å². The number of oxime groups is 1. The lowest BCUT2D eigenvalue weighted by atomic mass is 10.0. The Morgan fingerprint density at radius 2 is 2.23 bits per heavy atom. The lowest BCUT2D eigenvalue weighted by molar-refractivity contribution is 0.319. The number of rotatable bonds is 1. The Balaban J connectivity index is 2.53. The van der Waals surface area contributed by atoms with Gasteiger partial charge in [0.05, 0.1) is 5.71 Å². The first-order valence-electron chi connectivity index (χ1n) is 4.62. The van der Waals surface area contributed by atoms with E-state index in [1.807, 2.05) is 19.1 Å². The highest BCUT2D eigenvalue weighted by molar-refractivity contribution is 6.00. The summed E-state index contributed by atoms with van der Waals surface area (Å²) >= 11 is 0. The van der Waals surface area contributed by atoms with Crippen molar-refractivity contribution >= 4 is 5.71 Å². The van der Waals surface area contributed by atoms with E-state index in [1.165, 1.54) is 24.0 Å². The minimum atomic E-state index is 0.721. The molecular weight excluding hydrogens is 162 g/mol. The van der Waals surface area contributed by atoms with Crippen molar-refractivity contribution in [2.75, 3.05) is 0 Å². The Hall–Kier alpha value is -1.31. The molecule has 0 fully saturated rings. The summed E-state index contributed by atoms with van der Waals surface area (Å²) in [5.74, 6) is 0. The molecule has 2 rings (SSSR count). The predicted molar refractivity (Wildman–Crippen MR) is 52.5 cm³/mol. The third kappa shape index (κ3) is 1.32. The summed E-state index contributed by atoms with van der Waals surface area (Å²) in [6.45, 7) is 1.84. The fourth-order valence-electron chi connectivity index (χ4n) is 2.01. The van der Waals surface area contributed by atoms with Gasteiger partial charge in [-0.3, -0.25) is 0 Å². The first-order chi connectivity index (χ1) is 6.33. The van der Waals surface area contributed by atoms with Gasteiger partial charge in [-0.1, -0.05) is 23.4 Å². The summed E-state index contributed by atoms with van der Waals surface area (Å²) in [7, 11) is 0. The Labute approximate surface area is 77.9 Å². The molecule has 2 heteroatoms. The van der Waals surface area contributed by atoms with Crippen molar-refractivity contribution in [1.29, 1.82) is 0 Å². The molecule has 0 unspecified atom stereocenters. The zero-order valence-electron chi connectivity index (χ0n) is 7.75. The molecular formula is C11H13NO. The third-order valence-corrected chi connectivity index (χ3v) is 2.69. The van der Waals surface area contributed by atoms with Crippen LogP contribution in [0.2, 0.25) is 0 Å². The summed E-state index contributed by atoms with van der Waals surface area (Å²) in [5, 5.41) is 12.0. The van der Waals surface area contributed by atoms with Gasteiger partial charge in [-0.15, -0.1) is 0 Å². The molecule has 1 aliphatic rings. The Morgan fingerprint density at radius 1 is 1.38 bits per heavy atom. The smallest absolute Gasteiger partial charge is 0.0839 e. The van der Waals surface area contributed by atoms with Gasteiger partial charge in [-0.05, 0) is 37.3 Å². The van der Waals surface area contributed by atoms with Crippen LogP contribution in [0.5, 0.6) is 0 Å². The minimum Gasteiger partial charge on any atom is -0.411 e. The average Bonchev–Trinajstić information content (AvgIpc) is 2.63. The molecule has 0 saturated heterocycles. The van der Waals surface area contributed by atoms with Gasteiger partial charge in [0, 0.05) is 5.56 Å². The molecule has 13 heavy (non-hydrogen) atoms. The fourth-order valence-corrected chi connectivity index (χ4v) is 2.01. The van der Waals surface area contributed by atoms with Crippen molar-refractivity contribution in [3.63, 3.8) is 0 Å². The fraction of sp³-hybridized carbons (Fsp3) is 0.364. The van der Waals surface area contributed by atoms with E-state index in [1.54, 1.807) is 0 Å². The van der Waals surface area contributed by atoms with Crippen molar-refractivity contribution in [1.82, 2.24) is 0 Å². The molecule has 1 aromatic rings. The molecule has 0 saturated carbocycles. The number of benzene rings is 1. The van der Waals surface area contributed by atoms with Crippen LogP contribution in [0.25, 0.3) is 0 Å². The zero-order valence-corrected chi connectivity index (χ0v) is 7.75. The van der Waals surface area contributed by atoms with E-state index in [2.05, 4.69) is 11.2 Å². The molecule has 0 atom stereocenters. The molecule has 1 N–H and O–H groups in total. The van der Waals surface area contributed by atoms with E-state index < -0.39 is 0 Å². The Bertz CT molecular complexity index is 355. The Morgan fingerprint density at radius 3 is 3.00 bits per heavy atom. The molecule has 1 aromatic carbocycles. The number of nitrogens with zero attached hydrogens (tertiary/aromatic N) is 1. The van der Waals surface area contributed by atoms with E-state index >= 15 is 0 Å². The van der Waals surface area contributed by atoms with Gasteiger partial charge in [0.2, 0.25) is 0 Å². The Kier molecular flexibility index (Phi) is 2.05. The number of hydrogen-bond acceptors (Lipinski definition) is 2. The van der Waals surface area contributed by atoms with E-state index in [9.17, 15) is 0 Å². The highest BCUT2D eigenvalue weighted by atomic mass is 16.4. The zero-order chi connectivity index (χ0) is 9.26. The minimum absolute atomic E-state index is 0.721. The lowest BCUT2D eigenvalue weighted by Crippen LogP contribution is -2.00. The highest BCUT2D eigenvalue weighted by Gasteiger charge is 2.15. The number of hydrogen-bond donors (Lipinski definition) is 1. The van der Waals surface area contributed by atoms with Gasteiger partial charge in [0.1, 0.15) is 0 Å². The molecule has 68 valence electrons. The average molecular weight is 175 g/mol. The molecule has 0 aliphatic heterocycles. The summed E-state index contributed by atoms with van der Waals surface area (Å²) in [5.41, 5.74) is 4.62. The van der Waals surface area contributed by atoms with Crippen molar-refractivity contribution < 1.29 is 5.21 Å².